The summed E-state index contributed by atoms with van der Waals surface area (Å²) in [6.07, 6.45) is 3.45. The van der Waals surface area contributed by atoms with Crippen molar-refractivity contribution in [3.05, 3.63) is 83.9 Å². The Morgan fingerprint density at radius 1 is 1.08 bits per heavy atom. The topological polar surface area (TPSA) is 56.2 Å². The summed E-state index contributed by atoms with van der Waals surface area (Å²) in [5, 5.41) is 4.55. The van der Waals surface area contributed by atoms with E-state index in [0.29, 0.717) is 11.2 Å². The first-order valence-corrected chi connectivity index (χ1v) is 7.58. The molecule has 2 N–H and O–H groups in total. The number of nitrogens with two attached hydrogens (primary N) is 1. The maximum atomic E-state index is 13.3. The standard InChI is InChI=1S/C20H12FN4/c21-17-9-7-14(12-18(17)22)6-8-16-13-19(15-4-2-1-3-5-15)24-25-11-10-23-20(16)25/h2-5,7,9-13H,22H2. The van der Waals surface area contributed by atoms with E-state index < -0.39 is 5.82 Å². The Bertz CT molecular complexity index is 1120. The molecule has 2 heterocycles. The lowest BCUT2D eigenvalue weighted by Gasteiger charge is -2.03. The van der Waals surface area contributed by atoms with Crippen LogP contribution >= 0.6 is 0 Å². The van der Waals surface area contributed by atoms with Crippen molar-refractivity contribution in [1.82, 2.24) is 14.6 Å². The van der Waals surface area contributed by atoms with Crippen molar-refractivity contribution in [3.63, 3.8) is 0 Å². The maximum Gasteiger partial charge on any atom is 0.169 e. The molecule has 0 saturated heterocycles. The number of benzene rings is 2. The fraction of sp³-hybridized carbons (Fsp3) is 0. The van der Waals surface area contributed by atoms with Gasteiger partial charge >= 0.3 is 0 Å². The Morgan fingerprint density at radius 2 is 1.92 bits per heavy atom. The van der Waals surface area contributed by atoms with Gasteiger partial charge in [-0.2, -0.15) is 5.10 Å². The normalized spacial score (nSPS) is 10.4. The number of rotatable bonds is 1. The smallest absolute Gasteiger partial charge is 0.169 e. The fourth-order valence-corrected chi connectivity index (χ4v) is 2.47. The average molecular weight is 327 g/mol. The zero-order valence-electron chi connectivity index (χ0n) is 13.1. The van der Waals surface area contributed by atoms with Gasteiger partial charge in [-0.15, -0.1) is 0 Å². The van der Waals surface area contributed by atoms with Gasteiger partial charge in [0.2, 0.25) is 0 Å². The number of hydrogen-bond acceptors (Lipinski definition) is 3. The van der Waals surface area contributed by atoms with Crippen LogP contribution in [0.5, 0.6) is 0 Å². The predicted octanol–water partition coefficient (Wildman–Crippen LogP) is 3.32. The summed E-state index contributed by atoms with van der Waals surface area (Å²) in [7, 11) is 0. The van der Waals surface area contributed by atoms with Gasteiger partial charge < -0.3 is 5.73 Å². The van der Waals surface area contributed by atoms with Crippen LogP contribution in [0.1, 0.15) is 11.1 Å². The van der Waals surface area contributed by atoms with Gasteiger partial charge in [-0.25, -0.2) is 13.9 Å². The first-order chi connectivity index (χ1) is 12.2. The van der Waals surface area contributed by atoms with Crippen molar-refractivity contribution in [2.75, 3.05) is 5.73 Å². The van der Waals surface area contributed by atoms with Crippen molar-refractivity contribution >= 4 is 11.3 Å². The molecule has 0 aliphatic rings. The second-order valence-electron chi connectivity index (χ2n) is 5.41. The number of fused-ring (bicyclic) bond motifs is 1. The van der Waals surface area contributed by atoms with Gasteiger partial charge in [0.25, 0.3) is 0 Å². The number of hydrogen-bond donors (Lipinski definition) is 1. The summed E-state index contributed by atoms with van der Waals surface area (Å²) in [4.78, 5) is 4.30. The number of nitrogens with zero attached hydrogens (tertiary/aromatic N) is 3. The number of aromatic nitrogens is 3. The van der Waals surface area contributed by atoms with Crippen molar-refractivity contribution in [3.8, 4) is 23.1 Å². The molecule has 5 heteroatoms. The van der Waals surface area contributed by atoms with Crippen molar-refractivity contribution in [1.29, 1.82) is 0 Å². The fourth-order valence-electron chi connectivity index (χ4n) is 2.47. The van der Waals surface area contributed by atoms with E-state index in [1.165, 1.54) is 12.1 Å². The molecule has 119 valence electrons. The van der Waals surface area contributed by atoms with E-state index in [4.69, 9.17) is 5.73 Å². The van der Waals surface area contributed by atoms with Gasteiger partial charge in [0.1, 0.15) is 5.82 Å². The molecule has 0 aliphatic carbocycles. The van der Waals surface area contributed by atoms with Gasteiger partial charge in [-0.1, -0.05) is 36.1 Å². The Labute approximate surface area is 143 Å². The second kappa shape index (κ2) is 6.10. The minimum absolute atomic E-state index is 0.0775. The first kappa shape index (κ1) is 14.9. The predicted molar refractivity (Wildman–Crippen MR) is 94.1 cm³/mol. The molecule has 4 aromatic rings. The summed E-state index contributed by atoms with van der Waals surface area (Å²) >= 11 is 0. The number of nitrogen functional groups attached to an aromatic ring is 1. The van der Waals surface area contributed by atoms with Gasteiger partial charge in [0.05, 0.1) is 16.9 Å². The highest BCUT2D eigenvalue weighted by molar-refractivity contribution is 5.67. The highest BCUT2D eigenvalue weighted by atomic mass is 19.1. The van der Waals surface area contributed by atoms with Crippen LogP contribution in [0.4, 0.5) is 10.1 Å². The van der Waals surface area contributed by atoms with E-state index in [9.17, 15) is 4.39 Å². The van der Waals surface area contributed by atoms with Gasteiger partial charge in [0.15, 0.2) is 5.65 Å². The van der Waals surface area contributed by atoms with Crippen LogP contribution in [-0.2, 0) is 0 Å². The maximum absolute atomic E-state index is 13.3. The molecule has 4 rings (SSSR count). The van der Waals surface area contributed by atoms with Crippen molar-refractivity contribution < 1.29 is 4.39 Å². The lowest BCUT2D eigenvalue weighted by Crippen LogP contribution is -1.97. The molecule has 0 saturated carbocycles. The molecule has 0 atom stereocenters. The molecule has 2 aromatic heterocycles. The lowest BCUT2D eigenvalue weighted by atomic mass is 10.1. The van der Waals surface area contributed by atoms with Gasteiger partial charge in [-0.3, -0.25) is 0 Å². The van der Waals surface area contributed by atoms with Crippen LogP contribution in [-0.4, -0.2) is 14.6 Å². The molecule has 2 aromatic carbocycles. The van der Waals surface area contributed by atoms with E-state index in [-0.39, 0.29) is 5.69 Å². The molecular weight excluding hydrogens is 315 g/mol. The molecular formula is C20H12FN4. The molecule has 0 bridgehead atoms. The molecule has 1 radical (unpaired) electrons. The Morgan fingerprint density at radius 3 is 2.72 bits per heavy atom. The first-order valence-electron chi connectivity index (χ1n) is 7.58. The lowest BCUT2D eigenvalue weighted by molar-refractivity contribution is 0.632. The van der Waals surface area contributed by atoms with Crippen molar-refractivity contribution in [2.24, 2.45) is 0 Å². The van der Waals surface area contributed by atoms with Crippen LogP contribution in [0.2, 0.25) is 0 Å². The van der Waals surface area contributed by atoms with Gasteiger partial charge in [0, 0.05) is 23.5 Å². The molecule has 0 aliphatic heterocycles. The summed E-state index contributed by atoms with van der Waals surface area (Å²) in [6, 6.07) is 16.8. The quantitative estimate of drug-likeness (QED) is 0.431. The van der Waals surface area contributed by atoms with Crippen LogP contribution in [0.25, 0.3) is 16.9 Å². The zero-order chi connectivity index (χ0) is 17.2. The highest BCUT2D eigenvalue weighted by Crippen LogP contribution is 2.19. The third-order valence-corrected chi connectivity index (χ3v) is 3.71. The third-order valence-electron chi connectivity index (χ3n) is 3.71. The molecule has 4 nitrogen and oxygen atoms in total. The number of anilines is 1. The summed E-state index contributed by atoms with van der Waals surface area (Å²) < 4.78 is 15.0. The second-order valence-corrected chi connectivity index (χ2v) is 5.41. The third kappa shape index (κ3) is 2.93. The summed E-state index contributed by atoms with van der Waals surface area (Å²) in [6.45, 7) is 0. The highest BCUT2D eigenvalue weighted by Gasteiger charge is 2.07. The van der Waals surface area contributed by atoms with Crippen molar-refractivity contribution in [2.45, 2.75) is 0 Å². The van der Waals surface area contributed by atoms with Crippen LogP contribution in [0, 0.1) is 23.7 Å². The minimum atomic E-state index is -0.451. The molecule has 25 heavy (non-hydrogen) atoms. The van der Waals surface area contributed by atoms with E-state index in [2.05, 4.69) is 28.0 Å². The average Bonchev–Trinajstić information content (AvgIpc) is 3.12. The summed E-state index contributed by atoms with van der Waals surface area (Å²) in [5.74, 6) is 5.64. The minimum Gasteiger partial charge on any atom is -0.396 e. The molecule has 0 amide bonds. The SMILES string of the molecule is Nc1cc(C#Cc2cc(-c3cc[c]cc3)nn3ccnc23)ccc1F. The van der Waals surface area contributed by atoms with Gasteiger partial charge in [-0.05, 0) is 30.3 Å². The van der Waals surface area contributed by atoms with E-state index in [1.807, 2.05) is 30.3 Å². The number of imidazole rings is 1. The molecule has 0 spiro atoms. The van der Waals surface area contributed by atoms with Crippen LogP contribution in [0.15, 0.2) is 60.9 Å². The zero-order valence-corrected chi connectivity index (χ0v) is 13.1. The molecule has 0 unspecified atom stereocenters. The van der Waals surface area contributed by atoms with E-state index >= 15 is 0 Å². The monoisotopic (exact) mass is 327 g/mol. The van der Waals surface area contributed by atoms with Crippen LogP contribution < -0.4 is 5.73 Å². The number of halogens is 1. The Kier molecular flexibility index (Phi) is 3.64. The Hall–Kier alpha value is -3.65. The summed E-state index contributed by atoms with van der Waals surface area (Å²) in [5.41, 5.74) is 9.43. The van der Waals surface area contributed by atoms with E-state index in [1.54, 1.807) is 23.0 Å². The molecule has 0 fully saturated rings. The Balaban J connectivity index is 1.83. The van der Waals surface area contributed by atoms with E-state index in [0.717, 1.165) is 16.8 Å². The van der Waals surface area contributed by atoms with Crippen LogP contribution in [0.3, 0.4) is 0 Å². The largest absolute Gasteiger partial charge is 0.396 e.